The van der Waals surface area contributed by atoms with E-state index in [2.05, 4.69) is 25.8 Å². The van der Waals surface area contributed by atoms with Crippen molar-refractivity contribution >= 4 is 11.3 Å². The zero-order valence-corrected chi connectivity index (χ0v) is 9.19. The Bertz CT molecular complexity index is 316. The monoisotopic (exact) mass is 196 g/mol. The normalized spacial score (nSPS) is 30.5. The molecule has 1 aliphatic carbocycles. The summed E-state index contributed by atoms with van der Waals surface area (Å²) < 4.78 is 0. The van der Waals surface area contributed by atoms with Gasteiger partial charge in [-0.05, 0) is 24.8 Å². The molecular formula is C10H16N2S. The van der Waals surface area contributed by atoms with Gasteiger partial charge in [0.25, 0.3) is 0 Å². The Hall–Kier alpha value is -0.410. The summed E-state index contributed by atoms with van der Waals surface area (Å²) in [6, 6.07) is 0. The molecule has 0 aromatic carbocycles. The Morgan fingerprint density at radius 2 is 2.31 bits per heavy atom. The van der Waals surface area contributed by atoms with Crippen molar-refractivity contribution in [3.8, 4) is 0 Å². The van der Waals surface area contributed by atoms with Crippen LogP contribution in [0.2, 0.25) is 0 Å². The summed E-state index contributed by atoms with van der Waals surface area (Å²) in [5, 5.41) is 1.16. The van der Waals surface area contributed by atoms with E-state index >= 15 is 0 Å². The number of aromatic nitrogens is 1. The SMILES string of the molecule is Cc1ncc(C2C(CN)C2(C)C)s1. The summed E-state index contributed by atoms with van der Waals surface area (Å²) in [6.07, 6.45) is 2.02. The fourth-order valence-corrected chi connectivity index (χ4v) is 3.42. The first-order chi connectivity index (χ1) is 6.07. The van der Waals surface area contributed by atoms with E-state index in [-0.39, 0.29) is 0 Å². The van der Waals surface area contributed by atoms with E-state index in [1.165, 1.54) is 4.88 Å². The van der Waals surface area contributed by atoms with Crippen LogP contribution in [-0.4, -0.2) is 11.5 Å². The van der Waals surface area contributed by atoms with Gasteiger partial charge in [0.05, 0.1) is 5.01 Å². The Morgan fingerprint density at radius 3 is 2.69 bits per heavy atom. The van der Waals surface area contributed by atoms with Gasteiger partial charge in [0.1, 0.15) is 0 Å². The Morgan fingerprint density at radius 1 is 1.62 bits per heavy atom. The molecule has 1 aromatic rings. The highest BCUT2D eigenvalue weighted by atomic mass is 32.1. The van der Waals surface area contributed by atoms with E-state index in [0.29, 0.717) is 17.3 Å². The highest BCUT2D eigenvalue weighted by Gasteiger charge is 2.57. The zero-order valence-electron chi connectivity index (χ0n) is 8.37. The molecule has 2 nitrogen and oxygen atoms in total. The highest BCUT2D eigenvalue weighted by Crippen LogP contribution is 2.64. The second kappa shape index (κ2) is 2.79. The lowest BCUT2D eigenvalue weighted by molar-refractivity contribution is 0.559. The fourth-order valence-electron chi connectivity index (χ4n) is 2.27. The molecule has 13 heavy (non-hydrogen) atoms. The van der Waals surface area contributed by atoms with Crippen molar-refractivity contribution in [2.75, 3.05) is 6.54 Å². The van der Waals surface area contributed by atoms with E-state index in [1.807, 2.05) is 17.5 Å². The summed E-state index contributed by atoms with van der Waals surface area (Å²) in [6.45, 7) is 7.45. The van der Waals surface area contributed by atoms with Crippen LogP contribution < -0.4 is 5.73 Å². The second-order valence-corrected chi connectivity index (χ2v) is 5.69. The molecular weight excluding hydrogens is 180 g/mol. The van der Waals surface area contributed by atoms with Gasteiger partial charge >= 0.3 is 0 Å². The van der Waals surface area contributed by atoms with Gasteiger partial charge in [0.2, 0.25) is 0 Å². The van der Waals surface area contributed by atoms with E-state index in [1.54, 1.807) is 0 Å². The van der Waals surface area contributed by atoms with Crippen LogP contribution in [0, 0.1) is 18.3 Å². The molecule has 72 valence electrons. The van der Waals surface area contributed by atoms with E-state index in [9.17, 15) is 0 Å². The summed E-state index contributed by atoms with van der Waals surface area (Å²) in [7, 11) is 0. The maximum atomic E-state index is 5.73. The average molecular weight is 196 g/mol. The summed E-state index contributed by atoms with van der Waals surface area (Å²) in [4.78, 5) is 5.70. The van der Waals surface area contributed by atoms with Crippen LogP contribution in [0.25, 0.3) is 0 Å². The zero-order chi connectivity index (χ0) is 9.64. The third-order valence-electron chi connectivity index (χ3n) is 3.25. The van der Waals surface area contributed by atoms with Gasteiger partial charge in [-0.3, -0.25) is 0 Å². The molecule has 1 heterocycles. The number of rotatable bonds is 2. The molecule has 0 amide bonds. The number of nitrogens with two attached hydrogens (primary N) is 1. The molecule has 1 aliphatic rings. The van der Waals surface area contributed by atoms with E-state index < -0.39 is 0 Å². The predicted octanol–water partition coefficient (Wildman–Crippen LogP) is 2.15. The first-order valence-corrected chi connectivity index (χ1v) is 5.51. The minimum Gasteiger partial charge on any atom is -0.330 e. The first kappa shape index (κ1) is 9.16. The summed E-state index contributed by atoms with van der Waals surface area (Å²) >= 11 is 1.81. The number of aryl methyl sites for hydroxylation is 1. The maximum absolute atomic E-state index is 5.73. The van der Waals surface area contributed by atoms with Crippen molar-refractivity contribution in [2.45, 2.75) is 26.7 Å². The van der Waals surface area contributed by atoms with Gasteiger partial charge in [0.15, 0.2) is 0 Å². The lowest BCUT2D eigenvalue weighted by Crippen LogP contribution is -2.05. The molecule has 3 heteroatoms. The molecule has 2 rings (SSSR count). The Balaban J connectivity index is 2.21. The number of hydrogen-bond acceptors (Lipinski definition) is 3. The molecule has 2 unspecified atom stereocenters. The minimum atomic E-state index is 0.397. The Kier molecular flexibility index (Phi) is 1.96. The van der Waals surface area contributed by atoms with Gasteiger partial charge in [-0.25, -0.2) is 4.98 Å². The van der Waals surface area contributed by atoms with Gasteiger partial charge in [-0.2, -0.15) is 0 Å². The third kappa shape index (κ3) is 1.30. The van der Waals surface area contributed by atoms with Crippen LogP contribution in [0.3, 0.4) is 0 Å². The number of hydrogen-bond donors (Lipinski definition) is 1. The van der Waals surface area contributed by atoms with Crippen molar-refractivity contribution in [3.05, 3.63) is 16.1 Å². The van der Waals surface area contributed by atoms with Crippen LogP contribution in [0.5, 0.6) is 0 Å². The van der Waals surface area contributed by atoms with Crippen LogP contribution >= 0.6 is 11.3 Å². The van der Waals surface area contributed by atoms with Crippen LogP contribution in [0.1, 0.15) is 29.7 Å². The van der Waals surface area contributed by atoms with Gasteiger partial charge < -0.3 is 5.73 Å². The number of thiazole rings is 1. The molecule has 1 aromatic heterocycles. The Labute approximate surface area is 83.2 Å². The van der Waals surface area contributed by atoms with E-state index in [4.69, 9.17) is 5.73 Å². The quantitative estimate of drug-likeness (QED) is 0.787. The topological polar surface area (TPSA) is 38.9 Å². The van der Waals surface area contributed by atoms with Crippen LogP contribution in [-0.2, 0) is 0 Å². The summed E-state index contributed by atoms with van der Waals surface area (Å²) in [5.41, 5.74) is 6.12. The van der Waals surface area contributed by atoms with Crippen molar-refractivity contribution in [1.29, 1.82) is 0 Å². The summed E-state index contributed by atoms with van der Waals surface area (Å²) in [5.74, 6) is 1.32. The largest absolute Gasteiger partial charge is 0.330 e. The lowest BCUT2D eigenvalue weighted by atomic mass is 10.1. The molecule has 1 fully saturated rings. The number of nitrogens with zero attached hydrogens (tertiary/aromatic N) is 1. The molecule has 0 aliphatic heterocycles. The molecule has 0 spiro atoms. The maximum Gasteiger partial charge on any atom is 0.0896 e. The fraction of sp³-hybridized carbons (Fsp3) is 0.700. The molecule has 0 radical (unpaired) electrons. The smallest absolute Gasteiger partial charge is 0.0896 e. The first-order valence-electron chi connectivity index (χ1n) is 4.69. The van der Waals surface area contributed by atoms with Crippen molar-refractivity contribution < 1.29 is 0 Å². The molecule has 1 saturated carbocycles. The molecule has 0 bridgehead atoms. The molecule has 2 atom stereocenters. The van der Waals surface area contributed by atoms with Gasteiger partial charge in [0, 0.05) is 17.0 Å². The highest BCUT2D eigenvalue weighted by molar-refractivity contribution is 7.11. The minimum absolute atomic E-state index is 0.397. The van der Waals surface area contributed by atoms with Crippen molar-refractivity contribution in [1.82, 2.24) is 4.98 Å². The van der Waals surface area contributed by atoms with Crippen molar-refractivity contribution in [2.24, 2.45) is 17.1 Å². The second-order valence-electron chi connectivity index (χ2n) is 4.42. The van der Waals surface area contributed by atoms with Crippen molar-refractivity contribution in [3.63, 3.8) is 0 Å². The van der Waals surface area contributed by atoms with Crippen LogP contribution in [0.4, 0.5) is 0 Å². The standard InChI is InChI=1S/C10H16N2S/c1-6-12-5-8(13-6)9-7(4-11)10(9,2)3/h5,7,9H,4,11H2,1-3H3. The molecule has 2 N–H and O–H groups in total. The average Bonchev–Trinajstić information content (AvgIpc) is 2.41. The van der Waals surface area contributed by atoms with E-state index in [0.717, 1.165) is 11.6 Å². The lowest BCUT2D eigenvalue weighted by Gasteiger charge is -1.98. The van der Waals surface area contributed by atoms with Crippen LogP contribution in [0.15, 0.2) is 6.20 Å². The molecule has 0 saturated heterocycles. The third-order valence-corrected chi connectivity index (χ3v) is 4.25. The predicted molar refractivity (Wildman–Crippen MR) is 55.9 cm³/mol. The van der Waals surface area contributed by atoms with Gasteiger partial charge in [-0.1, -0.05) is 13.8 Å². The van der Waals surface area contributed by atoms with Gasteiger partial charge in [-0.15, -0.1) is 11.3 Å².